The van der Waals surface area contributed by atoms with Crippen molar-refractivity contribution in [2.45, 2.75) is 31.4 Å². The van der Waals surface area contributed by atoms with Crippen molar-refractivity contribution in [2.24, 2.45) is 29.4 Å². The molecule has 0 saturated heterocycles. The van der Waals surface area contributed by atoms with Crippen LogP contribution in [-0.4, -0.2) is 96.6 Å². The molecule has 0 aliphatic heterocycles. The molecule has 214 valence electrons. The number of primary amides is 1. The van der Waals surface area contributed by atoms with Crippen molar-refractivity contribution in [3.05, 3.63) is 28.8 Å². The van der Waals surface area contributed by atoms with Crippen molar-refractivity contribution in [1.82, 2.24) is 4.90 Å². The molecule has 0 aromatic heterocycles. The highest BCUT2D eigenvalue weighted by Crippen LogP contribution is 2.52. The summed E-state index contributed by atoms with van der Waals surface area (Å²) in [5.74, 6) is -11.9. The molecular weight excluding hydrogens is 522 g/mol. The first-order valence-electron chi connectivity index (χ1n) is 12.9. The van der Waals surface area contributed by atoms with Crippen LogP contribution in [0.4, 0.5) is 5.69 Å². The van der Waals surface area contributed by atoms with Crippen LogP contribution in [0.25, 0.3) is 6.08 Å². The number of phenolic OH excluding ortho intramolecular Hbond substituents is 1. The Labute approximate surface area is 230 Å². The van der Waals surface area contributed by atoms with Crippen LogP contribution in [0.1, 0.15) is 34.8 Å². The van der Waals surface area contributed by atoms with E-state index in [1.165, 1.54) is 25.1 Å². The maximum Gasteiger partial charge on any atom is 0.330 e. The molecule has 0 bridgehead atoms. The Balaban J connectivity index is 1.87. The Morgan fingerprint density at radius 2 is 1.80 bits per heavy atom. The van der Waals surface area contributed by atoms with E-state index in [-0.39, 0.29) is 30.6 Å². The lowest BCUT2D eigenvalue weighted by molar-refractivity contribution is -0.181. The summed E-state index contributed by atoms with van der Waals surface area (Å²) in [6.45, 7) is 1.78. The van der Waals surface area contributed by atoms with Gasteiger partial charge in [-0.25, -0.2) is 4.79 Å². The van der Waals surface area contributed by atoms with Gasteiger partial charge >= 0.3 is 5.97 Å². The second kappa shape index (κ2) is 10.3. The normalized spacial score (nSPS) is 29.7. The maximum atomic E-state index is 14.0. The van der Waals surface area contributed by atoms with Crippen molar-refractivity contribution in [3.8, 4) is 5.75 Å². The number of anilines is 1. The van der Waals surface area contributed by atoms with Crippen LogP contribution in [0.15, 0.2) is 12.1 Å². The number of fused-ring (bicyclic) bond motifs is 3. The smallest absolute Gasteiger partial charge is 0.330 e. The fourth-order valence-electron chi connectivity index (χ4n) is 6.55. The number of likely N-dealkylation sites (N-methyl/N-ethyl adjacent to an activating group) is 1. The van der Waals surface area contributed by atoms with Crippen LogP contribution in [0, 0.1) is 23.7 Å². The van der Waals surface area contributed by atoms with Crippen molar-refractivity contribution < 1.29 is 43.7 Å². The molecule has 2 saturated carbocycles. The maximum absolute atomic E-state index is 14.0. The van der Waals surface area contributed by atoms with E-state index in [1.807, 2.05) is 0 Å². The standard InChI is InChI=1S/C28H33N3O9/c1-6-40-17(32)8-7-12-11-16(30(2)3)14-9-13-10-15-21(31(4)5)24(35)20(27(29)38)26(37)28(15,39)25(36)18(13)23(34)19(14)22(12)33/h7-8,11,13,15,18,20-21,33,39H,6,9-10H2,1-5H3,(H2,29,38)/t13-,15-,18?,20?,21-,28-/m1/s1. The summed E-state index contributed by atoms with van der Waals surface area (Å²) in [7, 11) is 6.53. The Bertz CT molecular complexity index is 1360. The molecule has 1 aromatic rings. The van der Waals surface area contributed by atoms with Crippen LogP contribution < -0.4 is 10.6 Å². The average molecular weight is 556 g/mol. The monoisotopic (exact) mass is 555 g/mol. The van der Waals surface area contributed by atoms with Crippen molar-refractivity contribution >= 4 is 46.8 Å². The molecule has 4 N–H and O–H groups in total. The highest BCUT2D eigenvalue weighted by molar-refractivity contribution is 6.32. The zero-order valence-corrected chi connectivity index (χ0v) is 23.0. The highest BCUT2D eigenvalue weighted by atomic mass is 16.5. The lowest BCUT2D eigenvalue weighted by atomic mass is 9.52. The van der Waals surface area contributed by atoms with E-state index in [0.717, 1.165) is 6.08 Å². The summed E-state index contributed by atoms with van der Waals surface area (Å²) in [4.78, 5) is 81.6. The fourth-order valence-corrected chi connectivity index (χ4v) is 6.55. The second-order valence-electron chi connectivity index (χ2n) is 11.0. The number of rotatable bonds is 6. The van der Waals surface area contributed by atoms with E-state index >= 15 is 0 Å². The van der Waals surface area contributed by atoms with Gasteiger partial charge in [0.05, 0.1) is 24.1 Å². The Kier molecular flexibility index (Phi) is 7.46. The molecule has 12 heteroatoms. The molecule has 1 amide bonds. The highest BCUT2D eigenvalue weighted by Gasteiger charge is 2.69. The van der Waals surface area contributed by atoms with Gasteiger partial charge in [0.15, 0.2) is 34.7 Å². The number of esters is 1. The van der Waals surface area contributed by atoms with Gasteiger partial charge in [0.1, 0.15) is 5.75 Å². The first-order valence-corrected chi connectivity index (χ1v) is 12.9. The topological polar surface area (TPSA) is 185 Å². The number of benzene rings is 1. The summed E-state index contributed by atoms with van der Waals surface area (Å²) in [6.07, 6.45) is 2.49. The van der Waals surface area contributed by atoms with Gasteiger partial charge in [-0.2, -0.15) is 0 Å². The molecular formula is C28H33N3O9. The summed E-state index contributed by atoms with van der Waals surface area (Å²) in [5.41, 5.74) is 3.55. The number of Topliss-reactive ketones (excluding diaryl/α,β-unsaturated/α-hetero) is 4. The molecule has 2 unspecified atom stereocenters. The zero-order valence-electron chi connectivity index (χ0n) is 23.0. The van der Waals surface area contributed by atoms with Crippen molar-refractivity contribution in [3.63, 3.8) is 0 Å². The molecule has 2 fully saturated rings. The number of carbonyl (C=O) groups is 6. The number of amides is 1. The Morgan fingerprint density at radius 3 is 2.35 bits per heavy atom. The number of carbonyl (C=O) groups excluding carboxylic acids is 6. The van der Waals surface area contributed by atoms with E-state index in [9.17, 15) is 39.0 Å². The SMILES string of the molecule is CCOC(=O)C=Cc1cc(N(C)C)c2c(c1O)C(=O)C1C(=O)[C@@]3(O)C(=O)C(C(N)=O)C(=O)[C@H](N(C)C)[C@H]3C[C@H]1C2. The quantitative estimate of drug-likeness (QED) is 0.234. The third-order valence-electron chi connectivity index (χ3n) is 8.23. The number of nitrogens with two attached hydrogens (primary N) is 1. The molecule has 1 aromatic carbocycles. The molecule has 3 aliphatic carbocycles. The van der Waals surface area contributed by atoms with Crippen LogP contribution in [0.5, 0.6) is 5.75 Å². The van der Waals surface area contributed by atoms with E-state index in [4.69, 9.17) is 10.5 Å². The third-order valence-corrected chi connectivity index (χ3v) is 8.23. The summed E-state index contributed by atoms with van der Waals surface area (Å²) in [5, 5.41) is 22.8. The van der Waals surface area contributed by atoms with E-state index in [0.29, 0.717) is 11.3 Å². The molecule has 0 radical (unpaired) electrons. The minimum Gasteiger partial charge on any atom is -0.507 e. The zero-order chi connectivity index (χ0) is 29.8. The molecule has 6 atom stereocenters. The van der Waals surface area contributed by atoms with Crippen LogP contribution in [0.2, 0.25) is 0 Å². The lowest BCUT2D eigenvalue weighted by Crippen LogP contribution is -2.74. The van der Waals surface area contributed by atoms with Crippen LogP contribution in [0.3, 0.4) is 0 Å². The lowest BCUT2D eigenvalue weighted by Gasteiger charge is -2.52. The first-order chi connectivity index (χ1) is 18.7. The van der Waals surface area contributed by atoms with Crippen molar-refractivity contribution in [2.75, 3.05) is 39.7 Å². The molecule has 40 heavy (non-hydrogen) atoms. The summed E-state index contributed by atoms with van der Waals surface area (Å²) < 4.78 is 4.88. The van der Waals surface area contributed by atoms with Crippen LogP contribution in [-0.2, 0) is 35.1 Å². The van der Waals surface area contributed by atoms with Gasteiger partial charge in [0.25, 0.3) is 0 Å². The minimum atomic E-state index is -2.79. The number of ketones is 4. The van der Waals surface area contributed by atoms with E-state index in [2.05, 4.69) is 0 Å². The number of phenols is 1. The van der Waals surface area contributed by atoms with Crippen LogP contribution >= 0.6 is 0 Å². The summed E-state index contributed by atoms with van der Waals surface area (Å²) in [6, 6.07) is 0.436. The first kappa shape index (κ1) is 29.1. The van der Waals surface area contributed by atoms with Gasteiger partial charge < -0.3 is 25.6 Å². The van der Waals surface area contributed by atoms with E-state index < -0.39 is 76.1 Å². The fraction of sp³-hybridized carbons (Fsp3) is 0.500. The molecule has 3 aliphatic rings. The molecule has 0 spiro atoms. The number of nitrogens with zero attached hydrogens (tertiary/aromatic N) is 2. The number of aromatic hydroxyl groups is 1. The largest absolute Gasteiger partial charge is 0.507 e. The number of hydrogen-bond acceptors (Lipinski definition) is 11. The van der Waals surface area contributed by atoms with Gasteiger partial charge in [0, 0.05) is 37.3 Å². The third kappa shape index (κ3) is 4.22. The predicted octanol–water partition coefficient (Wildman–Crippen LogP) is -0.491. The van der Waals surface area contributed by atoms with Crippen molar-refractivity contribution in [1.29, 1.82) is 0 Å². The minimum absolute atomic E-state index is 0.0396. The number of aliphatic hydroxyl groups is 1. The van der Waals surface area contributed by atoms with Gasteiger partial charge in [0.2, 0.25) is 5.91 Å². The molecule has 12 nitrogen and oxygen atoms in total. The Hall–Kier alpha value is -3.90. The average Bonchev–Trinajstić information content (AvgIpc) is 2.85. The Morgan fingerprint density at radius 1 is 1.15 bits per heavy atom. The van der Waals surface area contributed by atoms with Gasteiger partial charge in [-0.15, -0.1) is 0 Å². The number of ether oxygens (including phenoxy) is 1. The van der Waals surface area contributed by atoms with E-state index in [1.54, 1.807) is 32.0 Å². The second-order valence-corrected chi connectivity index (χ2v) is 11.0. The molecule has 4 rings (SSSR count). The van der Waals surface area contributed by atoms with Gasteiger partial charge in [-0.05, 0) is 57.5 Å². The molecule has 0 heterocycles. The summed E-state index contributed by atoms with van der Waals surface area (Å²) >= 11 is 0. The van der Waals surface area contributed by atoms with Gasteiger partial charge in [-0.1, -0.05) is 0 Å². The predicted molar refractivity (Wildman–Crippen MR) is 141 cm³/mol. The van der Waals surface area contributed by atoms with Gasteiger partial charge in [-0.3, -0.25) is 28.9 Å². The number of hydrogen-bond donors (Lipinski definition) is 3.